The number of hydrogen-bond acceptors (Lipinski definition) is 4. The molecule has 0 fully saturated rings. The van der Waals surface area contributed by atoms with Gasteiger partial charge in [0.05, 0.1) is 13.7 Å². The van der Waals surface area contributed by atoms with E-state index in [1.54, 1.807) is 12.1 Å². The summed E-state index contributed by atoms with van der Waals surface area (Å²) in [4.78, 5) is 0. The molecule has 0 radical (unpaired) electrons. The van der Waals surface area contributed by atoms with Gasteiger partial charge in [-0.2, -0.15) is 0 Å². The summed E-state index contributed by atoms with van der Waals surface area (Å²) in [5.74, 6) is 1.43. The molecule has 4 nitrogen and oxygen atoms in total. The lowest BCUT2D eigenvalue weighted by molar-refractivity contribution is 0.373. The maximum absolute atomic E-state index is 9.60. The molecule has 1 aromatic heterocycles. The lowest BCUT2D eigenvalue weighted by atomic mass is 10.2. The largest absolute Gasteiger partial charge is 0.504 e. The summed E-state index contributed by atoms with van der Waals surface area (Å²) in [6.45, 7) is 0.578. The van der Waals surface area contributed by atoms with Gasteiger partial charge in [0.2, 0.25) is 0 Å². The van der Waals surface area contributed by atoms with Crippen molar-refractivity contribution >= 4 is 28.3 Å². The van der Waals surface area contributed by atoms with Crippen LogP contribution in [0.3, 0.4) is 0 Å². The van der Waals surface area contributed by atoms with Gasteiger partial charge in [0.1, 0.15) is 5.76 Å². The van der Waals surface area contributed by atoms with Gasteiger partial charge in [-0.25, -0.2) is 0 Å². The molecule has 2 aromatic rings. The number of phenolic OH excluding ortho intramolecular Hbond substituents is 1. The van der Waals surface area contributed by atoms with Gasteiger partial charge in [-0.1, -0.05) is 0 Å². The van der Waals surface area contributed by atoms with Gasteiger partial charge in [0, 0.05) is 11.8 Å². The second-order valence-electron chi connectivity index (χ2n) is 3.45. The zero-order valence-electron chi connectivity index (χ0n) is 9.24. The molecule has 0 amide bonds. The van der Waals surface area contributed by atoms with Crippen LogP contribution in [0.2, 0.25) is 0 Å². The molecule has 0 unspecified atom stereocenters. The SMILES string of the molecule is COc1ccc(NCc2ccc(I)o2)cc1O. The zero-order valence-corrected chi connectivity index (χ0v) is 11.4. The lowest BCUT2D eigenvalue weighted by Gasteiger charge is -2.07. The standard InChI is InChI=1S/C12H12INO3/c1-16-11-4-2-8(6-10(11)15)14-7-9-3-5-12(13)17-9/h2-6,14-15H,7H2,1H3. The predicted octanol–water partition coefficient (Wildman–Crippen LogP) is 3.21. The highest BCUT2D eigenvalue weighted by Crippen LogP contribution is 2.28. The van der Waals surface area contributed by atoms with Gasteiger partial charge in [0.15, 0.2) is 15.3 Å². The van der Waals surface area contributed by atoms with Crippen LogP contribution in [0.1, 0.15) is 5.76 Å². The summed E-state index contributed by atoms with van der Waals surface area (Å²) in [6, 6.07) is 8.99. The summed E-state index contributed by atoms with van der Waals surface area (Å²) < 4.78 is 11.2. The number of methoxy groups -OCH3 is 1. The number of ether oxygens (including phenoxy) is 1. The van der Waals surface area contributed by atoms with Crippen molar-refractivity contribution in [2.24, 2.45) is 0 Å². The third-order valence-electron chi connectivity index (χ3n) is 2.27. The predicted molar refractivity (Wildman–Crippen MR) is 73.4 cm³/mol. The molecule has 1 aromatic carbocycles. The van der Waals surface area contributed by atoms with Gasteiger partial charge in [0.25, 0.3) is 0 Å². The Bertz CT molecular complexity index is 510. The van der Waals surface area contributed by atoms with Crippen LogP contribution in [-0.2, 0) is 6.54 Å². The molecule has 0 spiro atoms. The molecule has 0 aliphatic rings. The Morgan fingerprint density at radius 1 is 1.35 bits per heavy atom. The molecular formula is C12H12INO3. The van der Waals surface area contributed by atoms with E-state index in [1.807, 2.05) is 18.2 Å². The van der Waals surface area contributed by atoms with Crippen molar-refractivity contribution in [2.75, 3.05) is 12.4 Å². The van der Waals surface area contributed by atoms with Crippen LogP contribution in [0.25, 0.3) is 0 Å². The number of aromatic hydroxyl groups is 1. The number of anilines is 1. The highest BCUT2D eigenvalue weighted by atomic mass is 127. The number of phenols is 1. The van der Waals surface area contributed by atoms with Crippen molar-refractivity contribution in [2.45, 2.75) is 6.54 Å². The fourth-order valence-corrected chi connectivity index (χ4v) is 1.90. The van der Waals surface area contributed by atoms with E-state index >= 15 is 0 Å². The number of hydrogen-bond donors (Lipinski definition) is 2. The number of rotatable bonds is 4. The number of benzene rings is 1. The highest BCUT2D eigenvalue weighted by molar-refractivity contribution is 14.1. The Hall–Kier alpha value is -1.37. The number of nitrogens with one attached hydrogen (secondary N) is 1. The van der Waals surface area contributed by atoms with Crippen LogP contribution in [0, 0.1) is 3.77 Å². The van der Waals surface area contributed by atoms with E-state index in [2.05, 4.69) is 27.9 Å². The van der Waals surface area contributed by atoms with Crippen LogP contribution in [0.5, 0.6) is 11.5 Å². The van der Waals surface area contributed by atoms with Gasteiger partial charge in [-0.15, -0.1) is 0 Å². The van der Waals surface area contributed by atoms with Gasteiger partial charge in [-0.05, 0) is 46.9 Å². The van der Waals surface area contributed by atoms with Crippen molar-refractivity contribution in [1.29, 1.82) is 0 Å². The quantitative estimate of drug-likeness (QED) is 0.836. The van der Waals surface area contributed by atoms with Crippen LogP contribution in [0.15, 0.2) is 34.7 Å². The monoisotopic (exact) mass is 345 g/mol. The van der Waals surface area contributed by atoms with Crippen LogP contribution < -0.4 is 10.1 Å². The van der Waals surface area contributed by atoms with Crippen molar-refractivity contribution < 1.29 is 14.3 Å². The normalized spacial score (nSPS) is 10.2. The average molecular weight is 345 g/mol. The fraction of sp³-hybridized carbons (Fsp3) is 0.167. The van der Waals surface area contributed by atoms with E-state index in [0.717, 1.165) is 15.2 Å². The molecule has 2 rings (SSSR count). The second-order valence-corrected chi connectivity index (χ2v) is 4.51. The minimum atomic E-state index is 0.117. The molecule has 17 heavy (non-hydrogen) atoms. The van der Waals surface area contributed by atoms with Crippen molar-refractivity contribution in [3.05, 3.63) is 39.9 Å². The number of furan rings is 1. The molecule has 0 aliphatic heterocycles. The molecule has 0 aliphatic carbocycles. The summed E-state index contributed by atoms with van der Waals surface area (Å²) in [5, 5.41) is 12.8. The maximum atomic E-state index is 9.60. The Balaban J connectivity index is 2.02. The third-order valence-corrected chi connectivity index (χ3v) is 2.85. The number of halogens is 1. The Labute approximate surface area is 113 Å². The van der Waals surface area contributed by atoms with E-state index in [-0.39, 0.29) is 5.75 Å². The first kappa shape index (κ1) is 12.1. The Kier molecular flexibility index (Phi) is 3.78. The Morgan fingerprint density at radius 3 is 2.76 bits per heavy atom. The average Bonchev–Trinajstić information content (AvgIpc) is 2.73. The molecule has 0 atom stereocenters. The van der Waals surface area contributed by atoms with Crippen LogP contribution in [0.4, 0.5) is 5.69 Å². The maximum Gasteiger partial charge on any atom is 0.164 e. The first-order chi connectivity index (χ1) is 8.19. The summed E-state index contributed by atoms with van der Waals surface area (Å²) in [6.07, 6.45) is 0. The van der Waals surface area contributed by atoms with E-state index in [9.17, 15) is 5.11 Å². The minimum Gasteiger partial charge on any atom is -0.504 e. The molecule has 5 heteroatoms. The minimum absolute atomic E-state index is 0.117. The Morgan fingerprint density at radius 2 is 2.18 bits per heavy atom. The summed E-state index contributed by atoms with van der Waals surface area (Å²) in [5.41, 5.74) is 0.815. The van der Waals surface area contributed by atoms with E-state index in [1.165, 1.54) is 7.11 Å². The van der Waals surface area contributed by atoms with Crippen LogP contribution >= 0.6 is 22.6 Å². The topological polar surface area (TPSA) is 54.6 Å². The summed E-state index contributed by atoms with van der Waals surface area (Å²) >= 11 is 2.12. The smallest absolute Gasteiger partial charge is 0.164 e. The fourth-order valence-electron chi connectivity index (χ4n) is 1.44. The van der Waals surface area contributed by atoms with Gasteiger partial charge >= 0.3 is 0 Å². The van der Waals surface area contributed by atoms with Crippen molar-refractivity contribution in [3.63, 3.8) is 0 Å². The second kappa shape index (κ2) is 5.31. The molecule has 0 saturated carbocycles. The molecular weight excluding hydrogens is 333 g/mol. The first-order valence-corrected chi connectivity index (χ1v) is 6.12. The van der Waals surface area contributed by atoms with Gasteiger partial charge < -0.3 is 19.6 Å². The van der Waals surface area contributed by atoms with E-state index in [4.69, 9.17) is 9.15 Å². The van der Waals surface area contributed by atoms with E-state index in [0.29, 0.717) is 12.3 Å². The van der Waals surface area contributed by atoms with Crippen molar-refractivity contribution in [1.82, 2.24) is 0 Å². The third kappa shape index (κ3) is 3.06. The van der Waals surface area contributed by atoms with Gasteiger partial charge in [-0.3, -0.25) is 0 Å². The molecule has 2 N–H and O–H groups in total. The molecule has 90 valence electrons. The highest BCUT2D eigenvalue weighted by Gasteiger charge is 2.03. The zero-order chi connectivity index (χ0) is 12.3. The summed E-state index contributed by atoms with van der Waals surface area (Å²) in [7, 11) is 1.52. The lowest BCUT2D eigenvalue weighted by Crippen LogP contribution is -1.98. The van der Waals surface area contributed by atoms with Crippen molar-refractivity contribution in [3.8, 4) is 11.5 Å². The molecule has 1 heterocycles. The molecule has 0 bridgehead atoms. The molecule has 0 saturated heterocycles. The first-order valence-electron chi connectivity index (χ1n) is 5.04. The van der Waals surface area contributed by atoms with Crippen LogP contribution in [-0.4, -0.2) is 12.2 Å². The van der Waals surface area contributed by atoms with E-state index < -0.39 is 0 Å².